The van der Waals surface area contributed by atoms with E-state index in [1.54, 1.807) is 24.3 Å². The maximum atomic E-state index is 12.5. The third-order valence-corrected chi connectivity index (χ3v) is 5.45. The van der Waals surface area contributed by atoms with Crippen molar-refractivity contribution in [2.75, 3.05) is 6.61 Å². The van der Waals surface area contributed by atoms with Gasteiger partial charge >= 0.3 is 11.9 Å². The number of carbonyl (C=O) groups excluding carboxylic acids is 2. The molecule has 0 aliphatic heterocycles. The van der Waals surface area contributed by atoms with Crippen molar-refractivity contribution in [2.45, 2.75) is 45.4 Å². The monoisotopic (exact) mass is 487 g/mol. The van der Waals surface area contributed by atoms with E-state index in [-0.39, 0.29) is 28.4 Å². The number of esters is 2. The first kappa shape index (κ1) is 26.3. The van der Waals surface area contributed by atoms with Gasteiger partial charge in [0.2, 0.25) is 0 Å². The maximum absolute atomic E-state index is 12.5. The predicted molar refractivity (Wildman–Crippen MR) is 134 cm³/mol. The van der Waals surface area contributed by atoms with E-state index in [0.717, 1.165) is 12.8 Å². The van der Waals surface area contributed by atoms with E-state index in [1.807, 2.05) is 6.07 Å². The molecule has 7 nitrogen and oxygen atoms in total. The largest absolute Gasteiger partial charge is 0.508 e. The molecule has 0 aliphatic rings. The lowest BCUT2D eigenvalue weighted by atomic mass is 10.1. The van der Waals surface area contributed by atoms with E-state index >= 15 is 0 Å². The van der Waals surface area contributed by atoms with Crippen molar-refractivity contribution in [1.82, 2.24) is 0 Å². The van der Waals surface area contributed by atoms with Crippen LogP contribution in [0.2, 0.25) is 0 Å². The number of nitriles is 1. The minimum Gasteiger partial charge on any atom is -0.508 e. The lowest BCUT2D eigenvalue weighted by Gasteiger charge is -2.09. The summed E-state index contributed by atoms with van der Waals surface area (Å²) in [5, 5.41) is 18.7. The molecule has 0 saturated carbocycles. The van der Waals surface area contributed by atoms with Crippen LogP contribution in [-0.2, 0) is 0 Å². The first-order chi connectivity index (χ1) is 17.5. The number of ether oxygens (including phenoxy) is 3. The summed E-state index contributed by atoms with van der Waals surface area (Å²) in [7, 11) is 0. The van der Waals surface area contributed by atoms with Crippen molar-refractivity contribution in [3.63, 3.8) is 0 Å². The molecule has 3 aromatic rings. The molecule has 0 fully saturated rings. The summed E-state index contributed by atoms with van der Waals surface area (Å²) < 4.78 is 16.3. The Balaban J connectivity index is 1.49. The molecule has 0 bridgehead atoms. The summed E-state index contributed by atoms with van der Waals surface area (Å²) >= 11 is 0. The number of rotatable bonds is 12. The Morgan fingerprint density at radius 1 is 0.778 bits per heavy atom. The summed E-state index contributed by atoms with van der Waals surface area (Å²) in [6.07, 6.45) is 7.16. The summed E-state index contributed by atoms with van der Waals surface area (Å²) in [6.45, 7) is 2.85. The van der Waals surface area contributed by atoms with Crippen LogP contribution in [0.25, 0.3) is 0 Å². The van der Waals surface area contributed by atoms with E-state index in [1.165, 1.54) is 68.1 Å². The number of aromatic hydroxyl groups is 1. The lowest BCUT2D eigenvalue weighted by Crippen LogP contribution is -2.11. The molecule has 186 valence electrons. The van der Waals surface area contributed by atoms with Crippen molar-refractivity contribution in [1.29, 1.82) is 5.26 Å². The fourth-order valence-corrected chi connectivity index (χ4v) is 3.43. The molecule has 3 rings (SSSR count). The zero-order valence-corrected chi connectivity index (χ0v) is 20.2. The second kappa shape index (κ2) is 13.5. The molecule has 0 aliphatic carbocycles. The van der Waals surface area contributed by atoms with Crippen molar-refractivity contribution in [3.05, 3.63) is 83.4 Å². The quantitative estimate of drug-likeness (QED) is 0.178. The molecule has 0 spiro atoms. The van der Waals surface area contributed by atoms with Crippen LogP contribution in [0, 0.1) is 11.3 Å². The Morgan fingerprint density at radius 3 is 2.00 bits per heavy atom. The van der Waals surface area contributed by atoms with E-state index in [4.69, 9.17) is 19.5 Å². The molecule has 0 atom stereocenters. The molecular weight excluding hydrogens is 458 g/mol. The second-order valence-electron chi connectivity index (χ2n) is 8.24. The van der Waals surface area contributed by atoms with Crippen molar-refractivity contribution in [3.8, 4) is 29.1 Å². The summed E-state index contributed by atoms with van der Waals surface area (Å²) in [4.78, 5) is 24.9. The van der Waals surface area contributed by atoms with Gasteiger partial charge in [-0.2, -0.15) is 5.26 Å². The molecule has 0 aromatic heterocycles. The molecule has 0 radical (unpaired) electrons. The zero-order valence-electron chi connectivity index (χ0n) is 20.2. The minimum absolute atomic E-state index is 0.0441. The van der Waals surface area contributed by atoms with Crippen molar-refractivity contribution < 1.29 is 28.9 Å². The smallest absolute Gasteiger partial charge is 0.343 e. The number of hydrogen-bond acceptors (Lipinski definition) is 7. The molecule has 0 unspecified atom stereocenters. The minimum atomic E-state index is -0.716. The molecule has 0 amide bonds. The van der Waals surface area contributed by atoms with E-state index in [9.17, 15) is 14.7 Å². The maximum Gasteiger partial charge on any atom is 0.343 e. The van der Waals surface area contributed by atoms with Crippen LogP contribution < -0.4 is 14.2 Å². The highest BCUT2D eigenvalue weighted by Gasteiger charge is 2.14. The number of phenols is 1. The van der Waals surface area contributed by atoms with Crippen LogP contribution in [0.4, 0.5) is 0 Å². The Bertz CT molecular complexity index is 1200. The first-order valence-electron chi connectivity index (χ1n) is 12.0. The van der Waals surface area contributed by atoms with Gasteiger partial charge in [-0.05, 0) is 67.1 Å². The molecule has 0 saturated heterocycles. The average Bonchev–Trinajstić information content (AvgIpc) is 2.89. The standard InChI is InChI=1S/C29H29NO6/c1-2-3-4-5-6-7-18-34-25-14-9-21(10-15-25)28(32)35-26-16-11-22(12-17-26)29(33)36-27-19-24(31)13-8-23(27)20-30/h8-17,19,31H,2-7,18H2,1H3. The Labute approximate surface area is 210 Å². The van der Waals surface area contributed by atoms with Crippen LogP contribution in [0.3, 0.4) is 0 Å². The molecule has 1 N–H and O–H groups in total. The van der Waals surface area contributed by atoms with Crippen LogP contribution in [0.15, 0.2) is 66.7 Å². The van der Waals surface area contributed by atoms with Gasteiger partial charge in [0.15, 0.2) is 5.75 Å². The fourth-order valence-electron chi connectivity index (χ4n) is 3.43. The fraction of sp³-hybridized carbons (Fsp3) is 0.276. The summed E-state index contributed by atoms with van der Waals surface area (Å²) in [6, 6.07) is 18.4. The Morgan fingerprint density at radius 2 is 1.36 bits per heavy atom. The van der Waals surface area contributed by atoms with E-state index < -0.39 is 11.9 Å². The van der Waals surface area contributed by atoms with Gasteiger partial charge in [0.25, 0.3) is 0 Å². The van der Waals surface area contributed by atoms with Gasteiger partial charge in [0, 0.05) is 6.07 Å². The highest BCUT2D eigenvalue weighted by molar-refractivity contribution is 5.93. The molecule has 7 heteroatoms. The first-order valence-corrected chi connectivity index (χ1v) is 12.0. The van der Waals surface area contributed by atoms with Crippen molar-refractivity contribution >= 4 is 11.9 Å². The van der Waals surface area contributed by atoms with E-state index in [0.29, 0.717) is 17.9 Å². The number of nitrogens with zero attached hydrogens (tertiary/aromatic N) is 1. The topological polar surface area (TPSA) is 106 Å². The number of phenolic OH excluding ortho intramolecular Hbond substituents is 1. The summed E-state index contributed by atoms with van der Waals surface area (Å²) in [5.41, 5.74) is 0.678. The Hall–Kier alpha value is -4.31. The zero-order chi connectivity index (χ0) is 25.8. The lowest BCUT2D eigenvalue weighted by molar-refractivity contribution is 0.0730. The van der Waals surface area contributed by atoms with Crippen LogP contribution in [0.1, 0.15) is 71.7 Å². The highest BCUT2D eigenvalue weighted by atomic mass is 16.5. The number of benzene rings is 3. The van der Waals surface area contributed by atoms with Crippen LogP contribution >= 0.6 is 0 Å². The average molecular weight is 488 g/mol. The molecule has 0 heterocycles. The van der Waals surface area contributed by atoms with Gasteiger partial charge in [-0.25, -0.2) is 9.59 Å². The van der Waals surface area contributed by atoms with Crippen LogP contribution in [-0.4, -0.2) is 23.7 Å². The number of unbranched alkanes of at least 4 members (excludes halogenated alkanes) is 5. The molecule has 3 aromatic carbocycles. The second-order valence-corrected chi connectivity index (χ2v) is 8.24. The molecule has 36 heavy (non-hydrogen) atoms. The van der Waals surface area contributed by atoms with Gasteiger partial charge in [-0.15, -0.1) is 0 Å². The number of carbonyl (C=O) groups is 2. The van der Waals surface area contributed by atoms with Crippen LogP contribution in [0.5, 0.6) is 23.0 Å². The third-order valence-electron chi connectivity index (χ3n) is 5.45. The van der Waals surface area contributed by atoms with Gasteiger partial charge in [0.05, 0.1) is 23.3 Å². The van der Waals surface area contributed by atoms with Gasteiger partial charge in [-0.1, -0.05) is 39.0 Å². The van der Waals surface area contributed by atoms with Crippen molar-refractivity contribution in [2.24, 2.45) is 0 Å². The number of hydrogen-bond donors (Lipinski definition) is 1. The predicted octanol–water partition coefficient (Wildman–Crippen LogP) is 6.44. The highest BCUT2D eigenvalue weighted by Crippen LogP contribution is 2.25. The normalized spacial score (nSPS) is 10.3. The SMILES string of the molecule is CCCCCCCCOc1ccc(C(=O)Oc2ccc(C(=O)Oc3cc(O)ccc3C#N)cc2)cc1. The van der Waals surface area contributed by atoms with Gasteiger partial charge in [-0.3, -0.25) is 0 Å². The van der Waals surface area contributed by atoms with E-state index in [2.05, 4.69) is 6.92 Å². The Kier molecular flexibility index (Phi) is 9.89. The van der Waals surface area contributed by atoms with Gasteiger partial charge in [0.1, 0.15) is 23.3 Å². The molecular formula is C29H29NO6. The summed E-state index contributed by atoms with van der Waals surface area (Å²) in [5.74, 6) is -0.462. The van der Waals surface area contributed by atoms with Gasteiger partial charge < -0.3 is 19.3 Å². The third kappa shape index (κ3) is 7.88.